The number of ketones is 1. The second-order valence-electron chi connectivity index (χ2n) is 5.11. The van der Waals surface area contributed by atoms with Crippen molar-refractivity contribution in [3.05, 3.63) is 12.2 Å². The third-order valence-corrected chi connectivity index (χ3v) is 3.74. The van der Waals surface area contributed by atoms with Gasteiger partial charge in [0.1, 0.15) is 5.78 Å². The van der Waals surface area contributed by atoms with Crippen LogP contribution in [0, 0.1) is 0 Å². The number of Topliss-reactive ketones (excluding diaryl/α,β-unsaturated/α-hetero) is 1. The van der Waals surface area contributed by atoms with Gasteiger partial charge in [-0.1, -0.05) is 19.4 Å². The van der Waals surface area contributed by atoms with Gasteiger partial charge in [0, 0.05) is 24.6 Å². The van der Waals surface area contributed by atoms with Gasteiger partial charge in [-0.25, -0.2) is 4.79 Å². The molecule has 0 atom stereocenters. The van der Waals surface area contributed by atoms with Crippen LogP contribution in [-0.2, 0) is 18.9 Å². The van der Waals surface area contributed by atoms with Crippen molar-refractivity contribution in [2.24, 2.45) is 0 Å². The van der Waals surface area contributed by atoms with Crippen molar-refractivity contribution in [1.29, 1.82) is 0 Å². The monoisotopic (exact) mass is 320 g/mol. The first-order valence-electron chi connectivity index (χ1n) is 7.11. The molecule has 0 aliphatic rings. The molecule has 0 unspecified atom stereocenters. The minimum Gasteiger partial charge on any atom is -0.462 e. The van der Waals surface area contributed by atoms with Gasteiger partial charge < -0.3 is 14.5 Å². The molecule has 7 heteroatoms. The van der Waals surface area contributed by atoms with E-state index in [0.29, 0.717) is 37.7 Å². The van der Waals surface area contributed by atoms with Crippen molar-refractivity contribution in [3.8, 4) is 0 Å². The molecule has 0 aromatic carbocycles. The van der Waals surface area contributed by atoms with Crippen molar-refractivity contribution in [1.82, 2.24) is 0 Å². The summed E-state index contributed by atoms with van der Waals surface area (Å²) >= 11 is 0. The van der Waals surface area contributed by atoms with E-state index in [-0.39, 0.29) is 18.6 Å². The van der Waals surface area contributed by atoms with E-state index in [1.54, 1.807) is 6.92 Å². The van der Waals surface area contributed by atoms with Gasteiger partial charge in [0.2, 0.25) is 0 Å². The van der Waals surface area contributed by atoms with Crippen molar-refractivity contribution in [2.75, 3.05) is 12.8 Å². The fraction of sp³-hybridized carbons (Fsp3) is 0.714. The van der Waals surface area contributed by atoms with E-state index in [9.17, 15) is 14.2 Å². The SMILES string of the molecule is C=C(C)C(=O)OCCCC(=O)CCCCCCP(=O)(O)O. The molecule has 0 spiro atoms. The molecule has 0 aliphatic heterocycles. The topological polar surface area (TPSA) is 101 Å². The highest BCUT2D eigenvalue weighted by molar-refractivity contribution is 7.51. The summed E-state index contributed by atoms with van der Waals surface area (Å²) in [5.41, 5.74) is 0.344. The molecule has 0 saturated heterocycles. The zero-order valence-corrected chi connectivity index (χ0v) is 13.4. The first kappa shape index (κ1) is 20.0. The summed E-state index contributed by atoms with van der Waals surface area (Å²) in [5, 5.41) is 0. The Morgan fingerprint density at radius 3 is 2.19 bits per heavy atom. The number of unbranched alkanes of at least 4 members (excludes halogenated alkanes) is 3. The first-order valence-corrected chi connectivity index (χ1v) is 8.91. The summed E-state index contributed by atoms with van der Waals surface area (Å²) in [6.07, 6.45) is 3.98. The molecule has 0 saturated carbocycles. The van der Waals surface area contributed by atoms with Gasteiger partial charge in [0.05, 0.1) is 6.61 Å². The Hall–Kier alpha value is -0.970. The third kappa shape index (κ3) is 13.8. The molecule has 0 heterocycles. The lowest BCUT2D eigenvalue weighted by Gasteiger charge is -2.05. The molecule has 0 aromatic heterocycles. The first-order chi connectivity index (χ1) is 9.72. The normalized spacial score (nSPS) is 11.2. The lowest BCUT2D eigenvalue weighted by molar-refractivity contribution is -0.139. The summed E-state index contributed by atoms with van der Waals surface area (Å²) in [4.78, 5) is 39.9. The Morgan fingerprint density at radius 1 is 1.05 bits per heavy atom. The molecule has 0 amide bonds. The Kier molecular flexibility index (Phi) is 10.2. The van der Waals surface area contributed by atoms with Crippen LogP contribution in [0.25, 0.3) is 0 Å². The van der Waals surface area contributed by atoms with Gasteiger partial charge in [0.25, 0.3) is 0 Å². The van der Waals surface area contributed by atoms with Crippen LogP contribution in [0.2, 0.25) is 0 Å². The van der Waals surface area contributed by atoms with E-state index < -0.39 is 13.6 Å². The Morgan fingerprint density at radius 2 is 1.62 bits per heavy atom. The second kappa shape index (κ2) is 10.7. The highest BCUT2D eigenvalue weighted by Crippen LogP contribution is 2.35. The van der Waals surface area contributed by atoms with E-state index in [0.717, 1.165) is 12.8 Å². The molecule has 21 heavy (non-hydrogen) atoms. The summed E-state index contributed by atoms with van der Waals surface area (Å²) in [5.74, 6) is -0.316. The van der Waals surface area contributed by atoms with Crippen molar-refractivity contribution >= 4 is 19.3 Å². The molecule has 0 bridgehead atoms. The third-order valence-electron chi connectivity index (χ3n) is 2.84. The smallest absolute Gasteiger partial charge is 0.333 e. The predicted octanol–water partition coefficient (Wildman–Crippen LogP) is 2.58. The van der Waals surface area contributed by atoms with E-state index in [2.05, 4.69) is 6.58 Å². The van der Waals surface area contributed by atoms with Crippen molar-refractivity contribution in [3.63, 3.8) is 0 Å². The molecule has 122 valence electrons. The average Bonchev–Trinajstić information content (AvgIpc) is 2.37. The number of esters is 1. The van der Waals surface area contributed by atoms with Gasteiger partial charge in [0.15, 0.2) is 0 Å². The number of rotatable bonds is 12. The van der Waals surface area contributed by atoms with Crippen molar-refractivity contribution in [2.45, 2.75) is 51.9 Å². The minimum absolute atomic E-state index is 0.0883. The molecule has 0 rings (SSSR count). The molecular weight excluding hydrogens is 295 g/mol. The van der Waals surface area contributed by atoms with Crippen LogP contribution in [0.3, 0.4) is 0 Å². The lowest BCUT2D eigenvalue weighted by atomic mass is 10.1. The summed E-state index contributed by atoms with van der Waals surface area (Å²) in [7, 11) is -3.88. The average molecular weight is 320 g/mol. The molecule has 0 aliphatic carbocycles. The largest absolute Gasteiger partial charge is 0.462 e. The summed E-state index contributed by atoms with van der Waals surface area (Å²) in [6.45, 7) is 5.25. The maximum Gasteiger partial charge on any atom is 0.333 e. The quantitative estimate of drug-likeness (QED) is 0.248. The standard InChI is InChI=1S/C14H25O6P/c1-12(2)14(16)20-10-7-9-13(15)8-5-3-4-6-11-21(17,18)19/h1,3-11H2,2H3,(H2,17,18,19). The highest BCUT2D eigenvalue weighted by Gasteiger charge is 2.11. The summed E-state index contributed by atoms with van der Waals surface area (Å²) < 4.78 is 15.5. The van der Waals surface area contributed by atoms with E-state index in [1.807, 2.05) is 0 Å². The summed E-state index contributed by atoms with van der Waals surface area (Å²) in [6, 6.07) is 0. The molecule has 2 N–H and O–H groups in total. The minimum atomic E-state index is -3.88. The van der Waals surface area contributed by atoms with Crippen LogP contribution in [-0.4, -0.2) is 34.3 Å². The lowest BCUT2D eigenvalue weighted by Crippen LogP contribution is -2.08. The van der Waals surface area contributed by atoms with Crippen molar-refractivity contribution < 1.29 is 28.7 Å². The van der Waals surface area contributed by atoms with Gasteiger partial charge in [-0.3, -0.25) is 9.36 Å². The van der Waals surface area contributed by atoms with Gasteiger partial charge in [-0.2, -0.15) is 0 Å². The van der Waals surface area contributed by atoms with E-state index in [4.69, 9.17) is 14.5 Å². The Balaban J connectivity index is 3.45. The molecular formula is C14H25O6P. The molecule has 6 nitrogen and oxygen atoms in total. The Bertz CT molecular complexity index is 398. The van der Waals surface area contributed by atoms with Gasteiger partial charge in [-0.15, -0.1) is 0 Å². The van der Waals surface area contributed by atoms with Crippen LogP contribution < -0.4 is 0 Å². The van der Waals surface area contributed by atoms with E-state index >= 15 is 0 Å². The zero-order chi connectivity index (χ0) is 16.3. The Labute approximate surface area is 125 Å². The maximum absolute atomic E-state index is 11.5. The number of hydrogen-bond acceptors (Lipinski definition) is 4. The predicted molar refractivity (Wildman–Crippen MR) is 80.0 cm³/mol. The highest BCUT2D eigenvalue weighted by atomic mass is 31.2. The van der Waals surface area contributed by atoms with Crippen LogP contribution in [0.1, 0.15) is 51.9 Å². The van der Waals surface area contributed by atoms with E-state index in [1.165, 1.54) is 0 Å². The fourth-order valence-electron chi connectivity index (χ4n) is 1.68. The maximum atomic E-state index is 11.5. The molecule has 0 radical (unpaired) electrons. The zero-order valence-electron chi connectivity index (χ0n) is 12.5. The van der Waals surface area contributed by atoms with Crippen LogP contribution in [0.5, 0.6) is 0 Å². The van der Waals surface area contributed by atoms with Gasteiger partial charge >= 0.3 is 13.6 Å². The second-order valence-corrected chi connectivity index (χ2v) is 6.89. The number of carbonyl (C=O) groups excluding carboxylic acids is 2. The molecule has 0 fully saturated rings. The van der Waals surface area contributed by atoms with Crippen LogP contribution >= 0.6 is 7.60 Å². The fourth-order valence-corrected chi connectivity index (χ4v) is 2.31. The number of hydrogen-bond donors (Lipinski definition) is 2. The van der Waals surface area contributed by atoms with Crippen LogP contribution in [0.4, 0.5) is 0 Å². The number of carbonyl (C=O) groups is 2. The number of ether oxygens (including phenoxy) is 1. The molecule has 0 aromatic rings. The van der Waals surface area contributed by atoms with Gasteiger partial charge in [-0.05, 0) is 26.2 Å². The van der Waals surface area contributed by atoms with Crippen LogP contribution in [0.15, 0.2) is 12.2 Å².